The van der Waals surface area contributed by atoms with Gasteiger partial charge >= 0.3 is 0 Å². The van der Waals surface area contributed by atoms with Crippen LogP contribution in [0.1, 0.15) is 13.3 Å². The van der Waals surface area contributed by atoms with Crippen LogP contribution in [0, 0.1) is 11.7 Å². The number of sulfonamides is 1. The van der Waals surface area contributed by atoms with Crippen LogP contribution in [0.2, 0.25) is 0 Å². The first-order valence-electron chi connectivity index (χ1n) is 6.68. The lowest BCUT2D eigenvalue weighted by molar-refractivity contribution is 0.345. The third-order valence-electron chi connectivity index (χ3n) is 3.67. The van der Waals surface area contributed by atoms with Crippen molar-refractivity contribution in [3.05, 3.63) is 24.0 Å². The fraction of sp³-hybridized carbons (Fsp3) is 0.538. The summed E-state index contributed by atoms with van der Waals surface area (Å²) in [6.45, 7) is 5.94. The number of rotatable bonds is 5. The molecule has 1 saturated heterocycles. The molecular weight excluding hydrogens is 281 g/mol. The second-order valence-electron chi connectivity index (χ2n) is 5.12. The largest absolute Gasteiger partial charge is 0.382 e. The highest BCUT2D eigenvalue weighted by Gasteiger charge is 2.21. The highest BCUT2D eigenvalue weighted by atomic mass is 32.2. The van der Waals surface area contributed by atoms with E-state index < -0.39 is 15.8 Å². The fourth-order valence-electron chi connectivity index (χ4n) is 2.44. The first kappa shape index (κ1) is 15.2. The van der Waals surface area contributed by atoms with Crippen molar-refractivity contribution in [2.75, 3.05) is 31.5 Å². The number of halogens is 1. The van der Waals surface area contributed by atoms with Gasteiger partial charge in [-0.1, -0.05) is 6.92 Å². The first-order chi connectivity index (χ1) is 9.40. The molecule has 3 N–H and O–H groups in total. The summed E-state index contributed by atoms with van der Waals surface area (Å²) >= 11 is 0. The molecule has 0 aliphatic carbocycles. The zero-order chi connectivity index (χ0) is 14.8. The van der Waals surface area contributed by atoms with Crippen molar-refractivity contribution in [1.82, 2.24) is 4.90 Å². The molecule has 0 saturated carbocycles. The monoisotopic (exact) mass is 301 g/mol. The quantitative estimate of drug-likeness (QED) is 0.857. The molecule has 1 aromatic rings. The predicted molar refractivity (Wildman–Crippen MR) is 76.5 cm³/mol. The van der Waals surface area contributed by atoms with Gasteiger partial charge in [0.05, 0.1) is 10.6 Å². The van der Waals surface area contributed by atoms with Crippen molar-refractivity contribution >= 4 is 15.7 Å². The Hall–Kier alpha value is -1.18. The molecule has 1 unspecified atom stereocenters. The van der Waals surface area contributed by atoms with Gasteiger partial charge in [-0.05, 0) is 43.6 Å². The Labute approximate surface area is 119 Å². The van der Waals surface area contributed by atoms with E-state index in [2.05, 4.69) is 17.1 Å². The van der Waals surface area contributed by atoms with E-state index in [1.54, 1.807) is 0 Å². The van der Waals surface area contributed by atoms with Gasteiger partial charge in [0.15, 0.2) is 0 Å². The van der Waals surface area contributed by atoms with Crippen molar-refractivity contribution in [2.24, 2.45) is 11.1 Å². The molecule has 1 heterocycles. The Morgan fingerprint density at radius 1 is 1.50 bits per heavy atom. The molecule has 0 aromatic heterocycles. The van der Waals surface area contributed by atoms with Gasteiger partial charge in [0.25, 0.3) is 0 Å². The maximum Gasteiger partial charge on any atom is 0.238 e. The molecule has 2 rings (SSSR count). The smallest absolute Gasteiger partial charge is 0.238 e. The van der Waals surface area contributed by atoms with Gasteiger partial charge in [0.2, 0.25) is 10.0 Å². The topological polar surface area (TPSA) is 75.4 Å². The van der Waals surface area contributed by atoms with Crippen molar-refractivity contribution in [3.63, 3.8) is 0 Å². The summed E-state index contributed by atoms with van der Waals surface area (Å²) < 4.78 is 36.0. The summed E-state index contributed by atoms with van der Waals surface area (Å²) in [7, 11) is -3.86. The summed E-state index contributed by atoms with van der Waals surface area (Å²) in [5.74, 6) is -0.103. The molecule has 1 atom stereocenters. The van der Waals surface area contributed by atoms with Crippen LogP contribution < -0.4 is 10.5 Å². The molecule has 0 amide bonds. The molecule has 1 fully saturated rings. The Morgan fingerprint density at radius 2 is 2.25 bits per heavy atom. The third kappa shape index (κ3) is 3.68. The molecule has 0 radical (unpaired) electrons. The van der Waals surface area contributed by atoms with Crippen molar-refractivity contribution in [2.45, 2.75) is 18.2 Å². The second kappa shape index (κ2) is 6.07. The molecule has 1 aliphatic heterocycles. The number of nitrogens with two attached hydrogens (primary N) is 1. The summed E-state index contributed by atoms with van der Waals surface area (Å²) in [5.41, 5.74) is 0.312. The van der Waals surface area contributed by atoms with E-state index in [4.69, 9.17) is 5.14 Å². The van der Waals surface area contributed by atoms with E-state index in [0.29, 0.717) is 18.2 Å². The lowest BCUT2D eigenvalue weighted by Crippen LogP contribution is -2.22. The average Bonchev–Trinajstić information content (AvgIpc) is 2.84. The van der Waals surface area contributed by atoms with E-state index in [0.717, 1.165) is 32.1 Å². The zero-order valence-electron chi connectivity index (χ0n) is 11.5. The van der Waals surface area contributed by atoms with Crippen LogP contribution in [-0.2, 0) is 10.0 Å². The summed E-state index contributed by atoms with van der Waals surface area (Å²) in [6.07, 6.45) is 1.09. The highest BCUT2D eigenvalue weighted by molar-refractivity contribution is 7.89. The summed E-state index contributed by atoms with van der Waals surface area (Å²) in [4.78, 5) is 2.14. The molecule has 0 bridgehead atoms. The van der Waals surface area contributed by atoms with Crippen LogP contribution in [0.25, 0.3) is 0 Å². The fourth-order valence-corrected chi connectivity index (χ4v) is 2.96. The van der Waals surface area contributed by atoms with Crippen LogP contribution in [-0.4, -0.2) is 39.5 Å². The normalized spacial score (nSPS) is 20.2. The van der Waals surface area contributed by atoms with Gasteiger partial charge in [0, 0.05) is 13.1 Å². The standard InChI is InChI=1S/C13H20FN3O2S/c1-2-17-6-5-10(9-17)8-16-13-4-3-11(7-12(13)14)20(15,18)19/h3-4,7,10,16H,2,5-6,8-9H2,1H3,(H2,15,18,19). The number of likely N-dealkylation sites (tertiary alicyclic amines) is 1. The number of primary sulfonamides is 1. The Kier molecular flexibility index (Phi) is 4.62. The second-order valence-corrected chi connectivity index (χ2v) is 6.68. The van der Waals surface area contributed by atoms with E-state index in [-0.39, 0.29) is 4.90 Å². The Balaban J connectivity index is 1.97. The summed E-state index contributed by atoms with van der Waals surface area (Å²) in [5, 5.41) is 8.00. The molecule has 20 heavy (non-hydrogen) atoms. The third-order valence-corrected chi connectivity index (χ3v) is 4.58. The van der Waals surface area contributed by atoms with Crippen molar-refractivity contribution < 1.29 is 12.8 Å². The van der Waals surface area contributed by atoms with Crippen molar-refractivity contribution in [1.29, 1.82) is 0 Å². The van der Waals surface area contributed by atoms with E-state index >= 15 is 0 Å². The number of anilines is 1. The van der Waals surface area contributed by atoms with Gasteiger partial charge < -0.3 is 10.2 Å². The lowest BCUT2D eigenvalue weighted by Gasteiger charge is -2.15. The van der Waals surface area contributed by atoms with Crippen LogP contribution in [0.15, 0.2) is 23.1 Å². The Bertz CT molecular complexity index is 577. The molecule has 7 heteroatoms. The predicted octanol–water partition coefficient (Wildman–Crippen LogP) is 1.23. The summed E-state index contributed by atoms with van der Waals surface area (Å²) in [6, 6.07) is 3.68. The SMILES string of the molecule is CCN1CCC(CNc2ccc(S(N)(=O)=O)cc2F)C1. The van der Waals surface area contributed by atoms with Crippen LogP contribution >= 0.6 is 0 Å². The van der Waals surface area contributed by atoms with E-state index in [1.165, 1.54) is 12.1 Å². The van der Waals surface area contributed by atoms with Gasteiger partial charge in [0.1, 0.15) is 5.82 Å². The molecule has 1 aliphatic rings. The number of benzene rings is 1. The number of nitrogens with one attached hydrogen (secondary N) is 1. The minimum absolute atomic E-state index is 0.210. The Morgan fingerprint density at radius 3 is 2.80 bits per heavy atom. The minimum Gasteiger partial charge on any atom is -0.382 e. The van der Waals surface area contributed by atoms with E-state index in [9.17, 15) is 12.8 Å². The average molecular weight is 301 g/mol. The van der Waals surface area contributed by atoms with Crippen LogP contribution in [0.4, 0.5) is 10.1 Å². The first-order valence-corrected chi connectivity index (χ1v) is 8.23. The number of hydrogen-bond donors (Lipinski definition) is 2. The van der Waals surface area contributed by atoms with Crippen molar-refractivity contribution in [3.8, 4) is 0 Å². The molecule has 5 nitrogen and oxygen atoms in total. The van der Waals surface area contributed by atoms with Crippen LogP contribution in [0.3, 0.4) is 0 Å². The van der Waals surface area contributed by atoms with Crippen LogP contribution in [0.5, 0.6) is 0 Å². The number of nitrogens with zero attached hydrogens (tertiary/aromatic N) is 1. The number of hydrogen-bond acceptors (Lipinski definition) is 4. The maximum absolute atomic E-state index is 13.8. The molecule has 1 aromatic carbocycles. The molecular formula is C13H20FN3O2S. The zero-order valence-corrected chi connectivity index (χ0v) is 12.3. The van der Waals surface area contributed by atoms with Gasteiger partial charge in [-0.25, -0.2) is 17.9 Å². The minimum atomic E-state index is -3.86. The van der Waals surface area contributed by atoms with E-state index in [1.807, 2.05) is 0 Å². The molecule has 0 spiro atoms. The molecule has 112 valence electrons. The lowest BCUT2D eigenvalue weighted by atomic mass is 10.1. The highest BCUT2D eigenvalue weighted by Crippen LogP contribution is 2.21. The van der Waals surface area contributed by atoms with Gasteiger partial charge in [-0.2, -0.15) is 0 Å². The maximum atomic E-state index is 13.8. The van der Waals surface area contributed by atoms with Gasteiger partial charge in [-0.15, -0.1) is 0 Å². The van der Waals surface area contributed by atoms with Gasteiger partial charge in [-0.3, -0.25) is 0 Å².